The van der Waals surface area contributed by atoms with Crippen molar-refractivity contribution in [2.75, 3.05) is 0 Å². The van der Waals surface area contributed by atoms with E-state index in [9.17, 15) is 0 Å². The first kappa shape index (κ1) is 7.55. The van der Waals surface area contributed by atoms with Gasteiger partial charge in [0.15, 0.2) is 0 Å². The number of thiazole rings is 1. The molecule has 2 aromatic rings. The van der Waals surface area contributed by atoms with Gasteiger partial charge in [-0.1, -0.05) is 6.92 Å². The van der Waals surface area contributed by atoms with Crippen molar-refractivity contribution in [3.63, 3.8) is 0 Å². The van der Waals surface area contributed by atoms with E-state index in [1.807, 2.05) is 18.3 Å². The van der Waals surface area contributed by atoms with Gasteiger partial charge in [0.25, 0.3) is 0 Å². The number of nitrogens with one attached hydrogen (secondary N) is 1. The van der Waals surface area contributed by atoms with Crippen LogP contribution in [-0.4, -0.2) is 9.97 Å². The fourth-order valence-corrected chi connectivity index (χ4v) is 1.83. The van der Waals surface area contributed by atoms with Crippen molar-refractivity contribution in [1.29, 1.82) is 0 Å². The first-order valence-corrected chi connectivity index (χ1v) is 4.86. The van der Waals surface area contributed by atoms with Crippen LogP contribution in [0.4, 0.5) is 0 Å². The van der Waals surface area contributed by atoms with Crippen LogP contribution in [0.2, 0.25) is 0 Å². The van der Waals surface area contributed by atoms with Crippen LogP contribution in [0.5, 0.6) is 0 Å². The molecule has 0 radical (unpaired) electrons. The van der Waals surface area contributed by atoms with Crippen molar-refractivity contribution in [2.24, 2.45) is 0 Å². The second kappa shape index (κ2) is 3.11. The van der Waals surface area contributed by atoms with Crippen molar-refractivity contribution in [3.05, 3.63) is 28.7 Å². The van der Waals surface area contributed by atoms with Gasteiger partial charge in [-0.05, 0) is 18.6 Å². The molecule has 0 unspecified atom stereocenters. The molecule has 3 heteroatoms. The van der Waals surface area contributed by atoms with E-state index in [0.717, 1.165) is 17.8 Å². The van der Waals surface area contributed by atoms with Gasteiger partial charge >= 0.3 is 0 Å². The largest absolute Gasteiger partial charge is 0.360 e. The van der Waals surface area contributed by atoms with Crippen LogP contribution in [0.1, 0.15) is 11.9 Å². The van der Waals surface area contributed by atoms with E-state index in [1.54, 1.807) is 11.3 Å². The van der Waals surface area contributed by atoms with E-state index < -0.39 is 0 Å². The lowest BCUT2D eigenvalue weighted by molar-refractivity contribution is 1.09. The Bertz CT molecular complexity index is 348. The molecule has 0 saturated carbocycles. The number of aryl methyl sites for hydroxylation is 1. The SMILES string of the molecule is CCc1nc(-c2ccc[nH]2)cs1. The minimum atomic E-state index is 1.02. The van der Waals surface area contributed by atoms with Crippen LogP contribution in [-0.2, 0) is 6.42 Å². The Morgan fingerprint density at radius 1 is 1.58 bits per heavy atom. The lowest BCUT2D eigenvalue weighted by Gasteiger charge is -1.88. The molecule has 12 heavy (non-hydrogen) atoms. The van der Waals surface area contributed by atoms with Gasteiger partial charge in [-0.25, -0.2) is 4.98 Å². The Morgan fingerprint density at radius 2 is 2.50 bits per heavy atom. The molecule has 62 valence electrons. The second-order valence-electron chi connectivity index (χ2n) is 2.56. The highest BCUT2D eigenvalue weighted by molar-refractivity contribution is 7.09. The van der Waals surface area contributed by atoms with Crippen molar-refractivity contribution in [1.82, 2.24) is 9.97 Å². The highest BCUT2D eigenvalue weighted by Crippen LogP contribution is 2.19. The highest BCUT2D eigenvalue weighted by Gasteiger charge is 2.02. The van der Waals surface area contributed by atoms with E-state index in [-0.39, 0.29) is 0 Å². The van der Waals surface area contributed by atoms with Gasteiger partial charge in [0.2, 0.25) is 0 Å². The van der Waals surface area contributed by atoms with Crippen LogP contribution in [0.15, 0.2) is 23.7 Å². The normalized spacial score (nSPS) is 10.4. The molecule has 0 aliphatic heterocycles. The van der Waals surface area contributed by atoms with Gasteiger partial charge in [-0.3, -0.25) is 0 Å². The average molecular weight is 178 g/mol. The zero-order valence-corrected chi connectivity index (χ0v) is 7.69. The fourth-order valence-electron chi connectivity index (χ4n) is 1.09. The molecule has 0 amide bonds. The van der Waals surface area contributed by atoms with E-state index in [1.165, 1.54) is 5.01 Å². The third-order valence-electron chi connectivity index (χ3n) is 1.73. The summed E-state index contributed by atoms with van der Waals surface area (Å²) in [6.45, 7) is 2.12. The van der Waals surface area contributed by atoms with Crippen LogP contribution >= 0.6 is 11.3 Å². The molecule has 0 aliphatic carbocycles. The zero-order valence-electron chi connectivity index (χ0n) is 6.87. The molecule has 2 heterocycles. The minimum Gasteiger partial charge on any atom is -0.360 e. The summed E-state index contributed by atoms with van der Waals surface area (Å²) in [5.74, 6) is 0. The molecule has 0 fully saturated rings. The van der Waals surface area contributed by atoms with Crippen LogP contribution in [0, 0.1) is 0 Å². The zero-order chi connectivity index (χ0) is 8.39. The van der Waals surface area contributed by atoms with Crippen LogP contribution < -0.4 is 0 Å². The Labute approximate surface area is 75.3 Å². The van der Waals surface area contributed by atoms with Crippen molar-refractivity contribution in [2.45, 2.75) is 13.3 Å². The molecule has 0 bridgehead atoms. The van der Waals surface area contributed by atoms with Crippen LogP contribution in [0.3, 0.4) is 0 Å². The maximum Gasteiger partial charge on any atom is 0.0976 e. The van der Waals surface area contributed by atoms with Crippen LogP contribution in [0.25, 0.3) is 11.4 Å². The van der Waals surface area contributed by atoms with Gasteiger partial charge in [0.05, 0.1) is 16.4 Å². The number of rotatable bonds is 2. The Balaban J connectivity index is 2.35. The van der Waals surface area contributed by atoms with Gasteiger partial charge in [0, 0.05) is 11.6 Å². The third-order valence-corrected chi connectivity index (χ3v) is 2.72. The molecule has 0 aromatic carbocycles. The minimum absolute atomic E-state index is 1.02. The molecule has 0 spiro atoms. The summed E-state index contributed by atoms with van der Waals surface area (Å²) in [6, 6.07) is 4.02. The lowest BCUT2D eigenvalue weighted by atomic mass is 10.3. The monoisotopic (exact) mass is 178 g/mol. The molecule has 1 N–H and O–H groups in total. The number of nitrogens with zero attached hydrogens (tertiary/aromatic N) is 1. The predicted molar refractivity (Wildman–Crippen MR) is 51.3 cm³/mol. The summed E-state index contributed by atoms with van der Waals surface area (Å²) in [4.78, 5) is 7.59. The Morgan fingerprint density at radius 3 is 3.08 bits per heavy atom. The smallest absolute Gasteiger partial charge is 0.0976 e. The summed E-state index contributed by atoms with van der Waals surface area (Å²) in [5.41, 5.74) is 2.16. The lowest BCUT2D eigenvalue weighted by Crippen LogP contribution is -1.79. The maximum atomic E-state index is 4.46. The molecule has 2 nitrogen and oxygen atoms in total. The summed E-state index contributed by atoms with van der Waals surface area (Å²) < 4.78 is 0. The quantitative estimate of drug-likeness (QED) is 0.752. The fraction of sp³-hybridized carbons (Fsp3) is 0.222. The van der Waals surface area contributed by atoms with E-state index >= 15 is 0 Å². The summed E-state index contributed by atoms with van der Waals surface area (Å²) >= 11 is 1.72. The summed E-state index contributed by atoms with van der Waals surface area (Å²) in [7, 11) is 0. The molecule has 0 atom stereocenters. The van der Waals surface area contributed by atoms with Gasteiger partial charge < -0.3 is 4.98 Å². The summed E-state index contributed by atoms with van der Waals surface area (Å²) in [5, 5.41) is 3.28. The molecule has 0 aliphatic rings. The summed E-state index contributed by atoms with van der Waals surface area (Å²) in [6.07, 6.45) is 2.94. The standard InChI is InChI=1S/C9H10N2S/c1-2-9-11-8(6-12-9)7-4-3-5-10-7/h3-6,10H,2H2,1H3. The Hall–Kier alpha value is -1.09. The molecular formula is C9H10N2S. The van der Waals surface area contributed by atoms with Gasteiger partial charge in [-0.15, -0.1) is 11.3 Å². The van der Waals surface area contributed by atoms with Crippen molar-refractivity contribution in [3.8, 4) is 11.4 Å². The first-order valence-electron chi connectivity index (χ1n) is 3.98. The molecule has 2 aromatic heterocycles. The van der Waals surface area contributed by atoms with E-state index in [4.69, 9.17) is 0 Å². The van der Waals surface area contributed by atoms with Gasteiger partial charge in [0.1, 0.15) is 0 Å². The third kappa shape index (κ3) is 1.28. The number of hydrogen-bond donors (Lipinski definition) is 1. The Kier molecular flexibility index (Phi) is 1.96. The number of hydrogen-bond acceptors (Lipinski definition) is 2. The molecular weight excluding hydrogens is 168 g/mol. The van der Waals surface area contributed by atoms with E-state index in [0.29, 0.717) is 0 Å². The highest BCUT2D eigenvalue weighted by atomic mass is 32.1. The number of H-pyrrole nitrogens is 1. The van der Waals surface area contributed by atoms with Gasteiger partial charge in [-0.2, -0.15) is 0 Å². The average Bonchev–Trinajstić information content (AvgIpc) is 2.75. The molecule has 2 rings (SSSR count). The van der Waals surface area contributed by atoms with Crippen molar-refractivity contribution >= 4 is 11.3 Å². The second-order valence-corrected chi connectivity index (χ2v) is 3.51. The molecule has 0 saturated heterocycles. The number of aromatic amines is 1. The number of aromatic nitrogens is 2. The predicted octanol–water partition coefficient (Wildman–Crippen LogP) is 2.70. The maximum absolute atomic E-state index is 4.46. The topological polar surface area (TPSA) is 28.7 Å². The first-order chi connectivity index (χ1) is 5.90. The van der Waals surface area contributed by atoms with E-state index in [2.05, 4.69) is 22.3 Å². The van der Waals surface area contributed by atoms with Crippen molar-refractivity contribution < 1.29 is 0 Å².